The van der Waals surface area contributed by atoms with Crippen LogP contribution in [0.1, 0.15) is 65.6 Å². The molecule has 0 saturated carbocycles. The van der Waals surface area contributed by atoms with Gasteiger partial charge < -0.3 is 37.1 Å². The van der Waals surface area contributed by atoms with Crippen LogP contribution in [0.4, 0.5) is 0 Å². The van der Waals surface area contributed by atoms with Crippen LogP contribution in [-0.4, -0.2) is 75.8 Å². The van der Waals surface area contributed by atoms with Crippen LogP contribution >= 0.6 is 23.4 Å². The zero-order valence-corrected chi connectivity index (χ0v) is 34.1. The standard InChI is InChI=1S/C44H50ClN7O5S/c1-52-38(22-31-25-49-36-11-3-2-10-33(31)36)41(54)51-26-34-32(27-13-15-28(16-14-27)44(56)57)17-18-35(45)40(34)58-42-30(9-7-21-48-42)24-50-37(12-6-20-47)39(53)23-29(43(52)55)8-4-5-19-46/h2-3,7,9-11,13-18,21,25,29,37-38,49-50H,4-6,8,12,19-20,22-24,26,46-47H2,1H3,(H,51,54)(H,56,57)/t29-,37+,38+/m1/s1. The number of aromatic amines is 1. The highest BCUT2D eigenvalue weighted by atomic mass is 35.5. The van der Waals surface area contributed by atoms with E-state index in [1.54, 1.807) is 31.4 Å². The summed E-state index contributed by atoms with van der Waals surface area (Å²) in [6, 6.07) is 20.2. The number of fused-ring (bicyclic) bond motifs is 3. The van der Waals surface area contributed by atoms with E-state index < -0.39 is 24.0 Å². The Morgan fingerprint density at radius 2 is 1.72 bits per heavy atom. The number of benzene rings is 3. The number of para-hydroxylation sites is 1. The van der Waals surface area contributed by atoms with Gasteiger partial charge in [-0.25, -0.2) is 9.78 Å². The molecule has 3 heterocycles. The van der Waals surface area contributed by atoms with Gasteiger partial charge in [0.1, 0.15) is 11.1 Å². The van der Waals surface area contributed by atoms with Crippen LogP contribution in [-0.2, 0) is 33.9 Å². The van der Waals surface area contributed by atoms with Crippen molar-refractivity contribution in [3.63, 3.8) is 0 Å². The Labute approximate surface area is 347 Å². The van der Waals surface area contributed by atoms with Crippen molar-refractivity contribution in [1.29, 1.82) is 0 Å². The van der Waals surface area contributed by atoms with E-state index in [0.717, 1.165) is 33.2 Å². The summed E-state index contributed by atoms with van der Waals surface area (Å²) in [6.45, 7) is 1.21. The molecule has 0 saturated heterocycles. The molecule has 8 N–H and O–H groups in total. The summed E-state index contributed by atoms with van der Waals surface area (Å²) < 4.78 is 0. The number of aromatic carboxylic acids is 1. The van der Waals surface area contributed by atoms with E-state index in [4.69, 9.17) is 28.1 Å². The minimum atomic E-state index is -1.04. The molecular formula is C44H50ClN7O5S. The maximum atomic E-state index is 14.7. The molecule has 3 atom stereocenters. The number of halogens is 1. The number of ketones is 1. The predicted molar refractivity (Wildman–Crippen MR) is 228 cm³/mol. The van der Waals surface area contributed by atoms with Gasteiger partial charge in [0.25, 0.3) is 0 Å². The van der Waals surface area contributed by atoms with Crippen LogP contribution in [0, 0.1) is 5.92 Å². The fourth-order valence-corrected chi connectivity index (χ4v) is 8.85. The lowest BCUT2D eigenvalue weighted by Crippen LogP contribution is -2.51. The number of pyridine rings is 1. The number of carbonyl (C=O) groups is 4. The Bertz CT molecular complexity index is 2250. The van der Waals surface area contributed by atoms with Crippen molar-refractivity contribution in [2.45, 2.75) is 80.0 Å². The third-order valence-corrected chi connectivity index (χ3v) is 12.4. The van der Waals surface area contributed by atoms with E-state index in [0.29, 0.717) is 72.2 Å². The van der Waals surface area contributed by atoms with Crippen LogP contribution in [0.15, 0.2) is 95.1 Å². The van der Waals surface area contributed by atoms with Gasteiger partial charge in [0, 0.05) is 67.1 Å². The molecule has 5 aromatic rings. The van der Waals surface area contributed by atoms with Gasteiger partial charge in [-0.3, -0.25) is 14.4 Å². The Kier molecular flexibility index (Phi) is 14.7. The molecular weight excluding hydrogens is 774 g/mol. The second kappa shape index (κ2) is 20.1. The molecule has 0 bridgehead atoms. The molecule has 1 aliphatic heterocycles. The summed E-state index contributed by atoms with van der Waals surface area (Å²) in [4.78, 5) is 65.5. The number of amides is 2. The fraction of sp³-hybridized carbons (Fsp3) is 0.341. The summed E-state index contributed by atoms with van der Waals surface area (Å²) in [5.74, 6) is -2.49. The van der Waals surface area contributed by atoms with Crippen LogP contribution in [0.2, 0.25) is 5.02 Å². The topological polar surface area (TPSA) is 197 Å². The van der Waals surface area contributed by atoms with Gasteiger partial charge in [0.05, 0.1) is 16.6 Å². The van der Waals surface area contributed by atoms with Gasteiger partial charge in [0.2, 0.25) is 11.8 Å². The van der Waals surface area contributed by atoms with Gasteiger partial charge >= 0.3 is 5.97 Å². The maximum absolute atomic E-state index is 14.7. The number of carboxylic acids is 1. The van der Waals surface area contributed by atoms with Gasteiger partial charge in [-0.1, -0.05) is 72.2 Å². The zero-order chi connectivity index (χ0) is 41.2. The number of aromatic nitrogens is 2. The summed E-state index contributed by atoms with van der Waals surface area (Å²) in [7, 11) is 1.64. The first-order valence-electron chi connectivity index (χ1n) is 19.6. The average molecular weight is 824 g/mol. The lowest BCUT2D eigenvalue weighted by molar-refractivity contribution is -0.143. The summed E-state index contributed by atoms with van der Waals surface area (Å²) in [5, 5.41) is 18.2. The third-order valence-electron chi connectivity index (χ3n) is 10.8. The monoisotopic (exact) mass is 823 g/mol. The van der Waals surface area contributed by atoms with E-state index in [-0.39, 0.29) is 42.5 Å². The lowest BCUT2D eigenvalue weighted by atomic mass is 9.90. The normalized spacial score (nSPS) is 18.4. The number of rotatable bonds is 11. The smallest absolute Gasteiger partial charge is 0.335 e. The zero-order valence-electron chi connectivity index (χ0n) is 32.5. The van der Waals surface area contributed by atoms with E-state index in [2.05, 4.69) is 15.6 Å². The third kappa shape index (κ3) is 10.1. The van der Waals surface area contributed by atoms with Gasteiger partial charge in [-0.05, 0) is 96.9 Å². The molecule has 304 valence electrons. The predicted octanol–water partition coefficient (Wildman–Crippen LogP) is 6.33. The summed E-state index contributed by atoms with van der Waals surface area (Å²) >= 11 is 8.36. The fourth-order valence-electron chi connectivity index (χ4n) is 7.51. The Hall–Kier alpha value is -5.05. The van der Waals surface area contributed by atoms with Crippen molar-refractivity contribution in [3.8, 4) is 11.1 Å². The number of nitrogens with one attached hydrogen (secondary N) is 3. The van der Waals surface area contributed by atoms with Crippen LogP contribution in [0.25, 0.3) is 22.0 Å². The second-order valence-corrected chi connectivity index (χ2v) is 16.0. The van der Waals surface area contributed by atoms with E-state index in [1.807, 2.05) is 48.7 Å². The Morgan fingerprint density at radius 3 is 2.48 bits per heavy atom. The number of hydrogen-bond acceptors (Lipinski definition) is 9. The van der Waals surface area contributed by atoms with Gasteiger partial charge in [0.15, 0.2) is 5.78 Å². The van der Waals surface area contributed by atoms with Crippen molar-refractivity contribution in [2.24, 2.45) is 17.4 Å². The van der Waals surface area contributed by atoms with Crippen molar-refractivity contribution < 1.29 is 24.3 Å². The largest absolute Gasteiger partial charge is 0.478 e. The van der Waals surface area contributed by atoms with Crippen LogP contribution < -0.4 is 22.1 Å². The van der Waals surface area contributed by atoms with Crippen molar-refractivity contribution in [2.75, 3.05) is 20.1 Å². The number of likely N-dealkylation sites (N-methyl/N-ethyl adjacent to an activating group) is 1. The molecule has 12 nitrogen and oxygen atoms in total. The molecule has 0 aliphatic carbocycles. The average Bonchev–Trinajstić information content (AvgIpc) is 3.64. The number of carbonyl (C=O) groups excluding carboxylic acids is 3. The molecule has 0 spiro atoms. The molecule has 0 fully saturated rings. The molecule has 1 aliphatic rings. The highest BCUT2D eigenvalue weighted by Gasteiger charge is 2.34. The van der Waals surface area contributed by atoms with E-state index in [9.17, 15) is 24.3 Å². The van der Waals surface area contributed by atoms with Gasteiger partial charge in [-0.2, -0.15) is 0 Å². The molecule has 6 rings (SSSR count). The van der Waals surface area contributed by atoms with Crippen LogP contribution in [0.3, 0.4) is 0 Å². The van der Waals surface area contributed by atoms with E-state index in [1.165, 1.54) is 28.8 Å². The number of unbranched alkanes of at least 4 members (excludes halogenated alkanes) is 1. The summed E-state index contributed by atoms with van der Waals surface area (Å²) in [6.07, 6.45) is 6.64. The van der Waals surface area contributed by atoms with Crippen LogP contribution in [0.5, 0.6) is 0 Å². The van der Waals surface area contributed by atoms with Crippen molar-refractivity contribution in [3.05, 3.63) is 112 Å². The number of carboxylic acid groups (broad SMARTS) is 1. The minimum absolute atomic E-state index is 0.00285. The quantitative estimate of drug-likeness (QED) is 0.0819. The Balaban J connectivity index is 1.48. The number of nitrogens with zero attached hydrogens (tertiary/aromatic N) is 2. The maximum Gasteiger partial charge on any atom is 0.335 e. The Morgan fingerprint density at radius 1 is 0.948 bits per heavy atom. The first kappa shape index (κ1) is 42.6. The molecule has 14 heteroatoms. The lowest BCUT2D eigenvalue weighted by Gasteiger charge is -2.31. The SMILES string of the molecule is CN1C(=O)[C@H](CCCCN)CC(=O)[C@H](CCCN)NCc2cccnc2Sc2c(Cl)ccc(-c3ccc(C(=O)O)cc3)c2CNC(=O)[C@@H]1Cc1c[nH]c2ccccc12. The number of hydrogen-bond donors (Lipinski definition) is 6. The molecule has 0 unspecified atom stereocenters. The van der Waals surface area contributed by atoms with Crippen molar-refractivity contribution >= 4 is 57.8 Å². The van der Waals surface area contributed by atoms with Gasteiger partial charge in [-0.15, -0.1) is 0 Å². The molecule has 0 radical (unpaired) electrons. The number of Topliss-reactive ketones (excluding diaryl/α,β-unsaturated/α-hetero) is 1. The van der Waals surface area contributed by atoms with Crippen molar-refractivity contribution in [1.82, 2.24) is 25.5 Å². The first-order chi connectivity index (χ1) is 28.1. The molecule has 2 aromatic heterocycles. The van der Waals surface area contributed by atoms with E-state index >= 15 is 0 Å². The highest BCUT2D eigenvalue weighted by Crippen LogP contribution is 2.41. The molecule has 58 heavy (non-hydrogen) atoms. The first-order valence-corrected chi connectivity index (χ1v) is 20.8. The highest BCUT2D eigenvalue weighted by molar-refractivity contribution is 7.99. The second-order valence-electron chi connectivity index (χ2n) is 14.6. The molecule has 2 amide bonds. The number of H-pyrrole nitrogens is 1. The number of nitrogens with two attached hydrogens (primary N) is 2. The summed E-state index contributed by atoms with van der Waals surface area (Å²) in [5.41, 5.74) is 16.7. The molecule has 3 aromatic carbocycles. The minimum Gasteiger partial charge on any atom is -0.478 e.